The van der Waals surface area contributed by atoms with E-state index in [1.165, 1.54) is 0 Å². The molecule has 0 unspecified atom stereocenters. The summed E-state index contributed by atoms with van der Waals surface area (Å²) in [6, 6.07) is 17.9. The van der Waals surface area contributed by atoms with Gasteiger partial charge in [-0.2, -0.15) is 5.10 Å². The molecule has 0 saturated carbocycles. The van der Waals surface area contributed by atoms with Gasteiger partial charge < -0.3 is 14.5 Å². The van der Waals surface area contributed by atoms with Crippen molar-refractivity contribution in [3.8, 4) is 11.4 Å². The van der Waals surface area contributed by atoms with Crippen molar-refractivity contribution in [2.45, 2.75) is 6.92 Å². The lowest BCUT2D eigenvalue weighted by Crippen LogP contribution is -2.48. The smallest absolute Gasteiger partial charge is 0.257 e. The Labute approximate surface area is 164 Å². The van der Waals surface area contributed by atoms with Crippen molar-refractivity contribution in [1.29, 1.82) is 0 Å². The number of nitrogens with zero attached hydrogens (tertiary/aromatic N) is 4. The van der Waals surface area contributed by atoms with Crippen LogP contribution in [-0.4, -0.2) is 53.9 Å². The van der Waals surface area contributed by atoms with Gasteiger partial charge in [-0.15, -0.1) is 0 Å². The number of rotatable bonds is 4. The molecule has 0 aliphatic carbocycles. The predicted octanol–water partition coefficient (Wildman–Crippen LogP) is 3.15. The molecule has 2 aromatic carbocycles. The summed E-state index contributed by atoms with van der Waals surface area (Å²) in [5.74, 6) is 0.893. The van der Waals surface area contributed by atoms with Crippen LogP contribution in [0.15, 0.2) is 60.8 Å². The van der Waals surface area contributed by atoms with E-state index >= 15 is 0 Å². The summed E-state index contributed by atoms with van der Waals surface area (Å²) in [6.45, 7) is 4.91. The van der Waals surface area contributed by atoms with E-state index < -0.39 is 0 Å². The first-order chi connectivity index (χ1) is 13.7. The van der Waals surface area contributed by atoms with E-state index in [2.05, 4.69) is 16.1 Å². The lowest BCUT2D eigenvalue weighted by Gasteiger charge is -2.36. The lowest BCUT2D eigenvalue weighted by molar-refractivity contribution is 0.0746. The zero-order valence-corrected chi connectivity index (χ0v) is 16.2. The highest BCUT2D eigenvalue weighted by Gasteiger charge is 2.25. The number of carbonyl (C=O) groups excluding carboxylic acids is 1. The Kier molecular flexibility index (Phi) is 5.02. The summed E-state index contributed by atoms with van der Waals surface area (Å²) in [5.41, 5.74) is 3.62. The number of aromatic nitrogens is 2. The first kappa shape index (κ1) is 18.1. The normalized spacial score (nSPS) is 14.2. The quantitative estimate of drug-likeness (QED) is 0.702. The first-order valence-electron chi connectivity index (χ1n) is 9.45. The minimum atomic E-state index is 0.0463. The van der Waals surface area contributed by atoms with Crippen LogP contribution in [0.1, 0.15) is 16.1 Å². The second-order valence-corrected chi connectivity index (χ2v) is 6.87. The first-order valence-corrected chi connectivity index (χ1v) is 9.45. The van der Waals surface area contributed by atoms with Gasteiger partial charge in [-0.1, -0.05) is 24.3 Å². The van der Waals surface area contributed by atoms with E-state index in [-0.39, 0.29) is 5.91 Å². The van der Waals surface area contributed by atoms with Gasteiger partial charge in [0.25, 0.3) is 5.91 Å². The van der Waals surface area contributed by atoms with Crippen molar-refractivity contribution in [2.75, 3.05) is 38.2 Å². The number of ether oxygens (including phenoxy) is 1. The van der Waals surface area contributed by atoms with Crippen LogP contribution >= 0.6 is 0 Å². The van der Waals surface area contributed by atoms with Crippen molar-refractivity contribution in [3.63, 3.8) is 0 Å². The molecule has 1 fully saturated rings. The maximum atomic E-state index is 13.0. The molecule has 3 aromatic rings. The van der Waals surface area contributed by atoms with E-state index in [1.54, 1.807) is 13.3 Å². The number of benzene rings is 2. The van der Waals surface area contributed by atoms with Crippen molar-refractivity contribution in [1.82, 2.24) is 14.7 Å². The molecule has 1 aromatic heterocycles. The van der Waals surface area contributed by atoms with Crippen LogP contribution in [0.3, 0.4) is 0 Å². The highest BCUT2D eigenvalue weighted by Crippen LogP contribution is 2.23. The highest BCUT2D eigenvalue weighted by atomic mass is 16.5. The van der Waals surface area contributed by atoms with Gasteiger partial charge in [-0.25, -0.2) is 4.68 Å². The third-order valence-electron chi connectivity index (χ3n) is 5.23. The Bertz CT molecular complexity index is 960. The minimum absolute atomic E-state index is 0.0463. The standard InChI is InChI=1S/C22H24N4O2/c1-17-21(16-23-26(17)18-7-4-3-5-8-18)22(27)25-13-11-24(12-14-25)19-9-6-10-20(15-19)28-2/h3-10,15-16H,11-14H2,1-2H3. The second-order valence-electron chi connectivity index (χ2n) is 6.87. The van der Waals surface area contributed by atoms with Gasteiger partial charge in [-0.3, -0.25) is 4.79 Å². The summed E-state index contributed by atoms with van der Waals surface area (Å²) in [4.78, 5) is 17.2. The van der Waals surface area contributed by atoms with Crippen LogP contribution in [0, 0.1) is 6.92 Å². The summed E-state index contributed by atoms with van der Waals surface area (Å²) >= 11 is 0. The van der Waals surface area contributed by atoms with E-state index in [9.17, 15) is 4.79 Å². The van der Waals surface area contributed by atoms with Crippen molar-refractivity contribution in [2.24, 2.45) is 0 Å². The molecule has 1 aliphatic rings. The van der Waals surface area contributed by atoms with Gasteiger partial charge in [0, 0.05) is 37.9 Å². The van der Waals surface area contributed by atoms with Crippen molar-refractivity contribution >= 4 is 11.6 Å². The summed E-state index contributed by atoms with van der Waals surface area (Å²) in [5, 5.41) is 4.43. The second kappa shape index (κ2) is 7.76. The molecule has 144 valence electrons. The maximum Gasteiger partial charge on any atom is 0.257 e. The number of hydrogen-bond acceptors (Lipinski definition) is 4. The maximum absolute atomic E-state index is 13.0. The van der Waals surface area contributed by atoms with Gasteiger partial charge in [-0.05, 0) is 31.2 Å². The molecule has 1 saturated heterocycles. The van der Waals surface area contributed by atoms with E-state index in [0.717, 1.165) is 35.9 Å². The number of anilines is 1. The molecule has 28 heavy (non-hydrogen) atoms. The Morgan fingerprint density at radius 3 is 2.39 bits per heavy atom. The van der Waals surface area contributed by atoms with Gasteiger partial charge in [0.15, 0.2) is 0 Å². The Morgan fingerprint density at radius 1 is 0.964 bits per heavy atom. The molecular formula is C22H24N4O2. The molecule has 6 heteroatoms. The molecular weight excluding hydrogens is 352 g/mol. The van der Waals surface area contributed by atoms with Crippen LogP contribution in [0.5, 0.6) is 5.75 Å². The van der Waals surface area contributed by atoms with Crippen LogP contribution in [0.2, 0.25) is 0 Å². The Hall–Kier alpha value is -3.28. The number of piperazine rings is 1. The molecule has 4 rings (SSSR count). The summed E-state index contributed by atoms with van der Waals surface area (Å²) < 4.78 is 7.13. The van der Waals surface area contributed by atoms with Gasteiger partial charge in [0.05, 0.1) is 30.3 Å². The highest BCUT2D eigenvalue weighted by molar-refractivity contribution is 5.95. The van der Waals surface area contributed by atoms with Crippen LogP contribution in [-0.2, 0) is 0 Å². The van der Waals surface area contributed by atoms with E-state index in [4.69, 9.17) is 4.74 Å². The molecule has 0 radical (unpaired) electrons. The number of hydrogen-bond donors (Lipinski definition) is 0. The van der Waals surface area contributed by atoms with Crippen LogP contribution in [0.25, 0.3) is 5.69 Å². The van der Waals surface area contributed by atoms with Crippen molar-refractivity contribution in [3.05, 3.63) is 72.1 Å². The van der Waals surface area contributed by atoms with Gasteiger partial charge in [0.1, 0.15) is 5.75 Å². The molecule has 0 spiro atoms. The zero-order valence-electron chi connectivity index (χ0n) is 16.2. The van der Waals surface area contributed by atoms with Crippen LogP contribution < -0.4 is 9.64 Å². The fraction of sp³-hybridized carbons (Fsp3) is 0.273. The number of methoxy groups -OCH3 is 1. The number of amides is 1. The van der Waals surface area contributed by atoms with Crippen LogP contribution in [0.4, 0.5) is 5.69 Å². The topological polar surface area (TPSA) is 50.6 Å². The van der Waals surface area contributed by atoms with Gasteiger partial charge in [0.2, 0.25) is 0 Å². The Morgan fingerprint density at radius 2 is 1.68 bits per heavy atom. The molecule has 1 aliphatic heterocycles. The van der Waals surface area contributed by atoms with E-state index in [0.29, 0.717) is 18.7 Å². The zero-order chi connectivity index (χ0) is 19.5. The lowest BCUT2D eigenvalue weighted by atomic mass is 10.2. The third-order valence-corrected chi connectivity index (χ3v) is 5.23. The fourth-order valence-electron chi connectivity index (χ4n) is 3.59. The summed E-state index contributed by atoms with van der Waals surface area (Å²) in [6.07, 6.45) is 1.68. The molecule has 0 N–H and O–H groups in total. The third kappa shape index (κ3) is 3.45. The average molecular weight is 376 g/mol. The van der Waals surface area contributed by atoms with Crippen molar-refractivity contribution < 1.29 is 9.53 Å². The van der Waals surface area contributed by atoms with Gasteiger partial charge >= 0.3 is 0 Å². The molecule has 2 heterocycles. The molecule has 0 atom stereocenters. The Balaban J connectivity index is 1.45. The number of carbonyl (C=O) groups is 1. The monoisotopic (exact) mass is 376 g/mol. The molecule has 0 bridgehead atoms. The number of para-hydroxylation sites is 1. The average Bonchev–Trinajstić information content (AvgIpc) is 3.15. The molecule has 1 amide bonds. The predicted molar refractivity (Wildman–Crippen MR) is 109 cm³/mol. The largest absolute Gasteiger partial charge is 0.497 e. The van der Waals surface area contributed by atoms with E-state index in [1.807, 2.05) is 65.0 Å². The fourth-order valence-corrected chi connectivity index (χ4v) is 3.59. The summed E-state index contributed by atoms with van der Waals surface area (Å²) in [7, 11) is 1.67. The minimum Gasteiger partial charge on any atom is -0.497 e. The molecule has 6 nitrogen and oxygen atoms in total. The SMILES string of the molecule is COc1cccc(N2CCN(C(=O)c3cnn(-c4ccccc4)c3C)CC2)c1.